The van der Waals surface area contributed by atoms with E-state index in [0.29, 0.717) is 32.1 Å². The van der Waals surface area contributed by atoms with E-state index in [1.54, 1.807) is 0 Å². The van der Waals surface area contributed by atoms with E-state index in [0.717, 1.165) is 0 Å². The number of alkyl halides is 1. The Hall–Kier alpha value is -1.50. The number of hydrogen-bond donors (Lipinski definition) is 5. The summed E-state index contributed by atoms with van der Waals surface area (Å²) in [6.45, 7) is 3.48. The molecule has 0 radical (unpaired) electrons. The zero-order valence-corrected chi connectivity index (χ0v) is 21.7. The Morgan fingerprint density at radius 2 is 1.76 bits per heavy atom. The quantitative estimate of drug-likeness (QED) is 0.332. The van der Waals surface area contributed by atoms with Crippen LogP contribution in [-0.4, -0.2) is 92.7 Å². The molecule has 1 unspecified atom stereocenters. The third-order valence-corrected chi connectivity index (χ3v) is 11.0. The fraction of sp³-hybridized carbons (Fsp3) is 0.889. The van der Waals surface area contributed by atoms with Gasteiger partial charge in [-0.15, -0.1) is 0 Å². The van der Waals surface area contributed by atoms with E-state index in [1.807, 2.05) is 13.8 Å². The van der Waals surface area contributed by atoms with Gasteiger partial charge in [-0.05, 0) is 60.7 Å². The van der Waals surface area contributed by atoms with Gasteiger partial charge in [0.15, 0.2) is 18.2 Å². The predicted molar refractivity (Wildman–Crippen MR) is 127 cm³/mol. The molecule has 5 fully saturated rings. The summed E-state index contributed by atoms with van der Waals surface area (Å²) in [5.41, 5.74) is -1.07. The van der Waals surface area contributed by atoms with Crippen LogP contribution in [0.2, 0.25) is 0 Å². The van der Waals surface area contributed by atoms with Gasteiger partial charge < -0.3 is 35.0 Å². The second-order valence-corrected chi connectivity index (χ2v) is 12.8. The average Bonchev–Trinajstić information content (AvgIpc) is 3.19. The SMILES string of the molecule is C[C@]12CCC(=O)C[C@H]1[C@@H](F)C[C@@H]1[C@@H]2[C@H](O)C[C@]2(C)[C@@H](C(=O)COC3O[C@H](C(=O)O)[C@@H](O)[C@H](O)[C@H]3O)CC[C@@H]12. The first kappa shape index (κ1) is 28.0. The molecule has 0 aromatic carbocycles. The van der Waals surface area contributed by atoms with Gasteiger partial charge in [-0.25, -0.2) is 9.18 Å². The lowest BCUT2D eigenvalue weighted by Gasteiger charge is -2.62. The lowest BCUT2D eigenvalue weighted by molar-refractivity contribution is -0.292. The maximum atomic E-state index is 15.5. The lowest BCUT2D eigenvalue weighted by Crippen LogP contribution is -2.62. The van der Waals surface area contributed by atoms with Crippen molar-refractivity contribution >= 4 is 17.5 Å². The van der Waals surface area contributed by atoms with Gasteiger partial charge in [0, 0.05) is 24.7 Å². The standard InChI is InChI=1S/C27H39FO10/c1-26-6-5-11(29)7-15(26)16(28)8-12-13-3-4-14(27(13,2)9-17(30)19(12)26)18(31)10-37-25-22(34)20(32)21(33)23(38-25)24(35)36/h12-17,19-23,25,30,32-34H,3-10H2,1-2H3,(H,35,36)/t12-,13-,14+,15-,16-,17+,19+,20-,21-,22+,23-,25?,26-,27-/m0/s1. The van der Waals surface area contributed by atoms with E-state index in [-0.39, 0.29) is 48.1 Å². The van der Waals surface area contributed by atoms with Crippen LogP contribution in [-0.2, 0) is 23.9 Å². The highest BCUT2D eigenvalue weighted by atomic mass is 19.1. The van der Waals surface area contributed by atoms with Crippen molar-refractivity contribution in [1.82, 2.24) is 0 Å². The van der Waals surface area contributed by atoms with Crippen LogP contribution in [0.25, 0.3) is 0 Å². The average molecular weight is 543 g/mol. The van der Waals surface area contributed by atoms with Crippen molar-refractivity contribution < 1.29 is 53.8 Å². The van der Waals surface area contributed by atoms with Crippen LogP contribution >= 0.6 is 0 Å². The van der Waals surface area contributed by atoms with Crippen molar-refractivity contribution in [2.24, 2.45) is 40.4 Å². The molecule has 1 aliphatic heterocycles. The van der Waals surface area contributed by atoms with Crippen molar-refractivity contribution in [2.45, 2.75) is 102 Å². The largest absolute Gasteiger partial charge is 0.479 e. The summed E-state index contributed by atoms with van der Waals surface area (Å²) in [5.74, 6) is -2.87. The van der Waals surface area contributed by atoms with Crippen molar-refractivity contribution in [2.75, 3.05) is 6.61 Å². The number of halogens is 1. The number of carbonyl (C=O) groups is 3. The van der Waals surface area contributed by atoms with Crippen molar-refractivity contribution in [3.05, 3.63) is 0 Å². The lowest BCUT2D eigenvalue weighted by atomic mass is 9.43. The van der Waals surface area contributed by atoms with E-state index in [9.17, 15) is 39.9 Å². The molecule has 0 bridgehead atoms. The zero-order valence-electron chi connectivity index (χ0n) is 21.7. The first-order valence-corrected chi connectivity index (χ1v) is 13.7. The van der Waals surface area contributed by atoms with Crippen LogP contribution in [0, 0.1) is 40.4 Å². The maximum Gasteiger partial charge on any atom is 0.335 e. The number of carbonyl (C=O) groups excluding carboxylic acids is 2. The summed E-state index contributed by atoms with van der Waals surface area (Å²) in [6.07, 6.45) is -7.70. The molecular formula is C27H39FO10. The molecule has 5 aliphatic rings. The Morgan fingerprint density at radius 3 is 2.45 bits per heavy atom. The van der Waals surface area contributed by atoms with Gasteiger partial charge in [-0.2, -0.15) is 0 Å². The molecule has 0 aromatic heterocycles. The first-order valence-electron chi connectivity index (χ1n) is 13.7. The maximum absolute atomic E-state index is 15.5. The number of rotatable bonds is 5. The number of fused-ring (bicyclic) bond motifs is 5. The van der Waals surface area contributed by atoms with E-state index >= 15 is 4.39 Å². The molecular weight excluding hydrogens is 503 g/mol. The topological polar surface area (TPSA) is 171 Å². The second kappa shape index (κ2) is 9.85. The molecule has 14 atom stereocenters. The van der Waals surface area contributed by atoms with Crippen LogP contribution in [0.15, 0.2) is 0 Å². The van der Waals surface area contributed by atoms with Gasteiger partial charge in [-0.1, -0.05) is 13.8 Å². The number of aliphatic hydroxyl groups excluding tert-OH is 4. The third kappa shape index (κ3) is 4.25. The first-order chi connectivity index (χ1) is 17.8. The number of hydrogen-bond acceptors (Lipinski definition) is 9. The molecule has 1 saturated heterocycles. The fourth-order valence-electron chi connectivity index (χ4n) is 9.15. The summed E-state index contributed by atoms with van der Waals surface area (Å²) >= 11 is 0. The highest BCUT2D eigenvalue weighted by Gasteiger charge is 2.65. The highest BCUT2D eigenvalue weighted by Crippen LogP contribution is 2.67. The van der Waals surface area contributed by atoms with Crippen LogP contribution < -0.4 is 0 Å². The monoisotopic (exact) mass is 542 g/mol. The minimum Gasteiger partial charge on any atom is -0.479 e. The van der Waals surface area contributed by atoms with Gasteiger partial charge in [0.2, 0.25) is 0 Å². The predicted octanol–water partition coefficient (Wildman–Crippen LogP) is 0.611. The number of carboxylic acid groups (broad SMARTS) is 1. The second-order valence-electron chi connectivity index (χ2n) is 12.8. The number of Topliss-reactive ketones (excluding diaryl/α,β-unsaturated/α-hetero) is 2. The summed E-state index contributed by atoms with van der Waals surface area (Å²) in [6, 6.07) is 0. The van der Waals surface area contributed by atoms with Crippen molar-refractivity contribution in [3.63, 3.8) is 0 Å². The Bertz CT molecular complexity index is 976. The number of aliphatic hydroxyl groups is 4. The number of aliphatic carboxylic acids is 1. The summed E-state index contributed by atoms with van der Waals surface area (Å²) in [4.78, 5) is 36.9. The Kier molecular flexibility index (Phi) is 7.27. The van der Waals surface area contributed by atoms with Crippen LogP contribution in [0.4, 0.5) is 4.39 Å². The molecule has 0 spiro atoms. The van der Waals surface area contributed by atoms with E-state index < -0.39 is 72.3 Å². The summed E-state index contributed by atoms with van der Waals surface area (Å²) in [5, 5.41) is 50.7. The van der Waals surface area contributed by atoms with Gasteiger partial charge in [0.05, 0.1) is 6.10 Å². The number of ketones is 2. The molecule has 0 amide bonds. The fourth-order valence-corrected chi connectivity index (χ4v) is 9.15. The smallest absolute Gasteiger partial charge is 0.335 e. The van der Waals surface area contributed by atoms with Crippen molar-refractivity contribution in [3.8, 4) is 0 Å². The molecule has 4 aliphatic carbocycles. The van der Waals surface area contributed by atoms with Crippen LogP contribution in [0.1, 0.15) is 58.8 Å². The van der Waals surface area contributed by atoms with E-state index in [2.05, 4.69) is 0 Å². The molecule has 5 N–H and O–H groups in total. The molecule has 38 heavy (non-hydrogen) atoms. The molecule has 5 rings (SSSR count). The Morgan fingerprint density at radius 1 is 1.05 bits per heavy atom. The molecule has 214 valence electrons. The van der Waals surface area contributed by atoms with Crippen LogP contribution in [0.5, 0.6) is 0 Å². The molecule has 4 saturated carbocycles. The number of ether oxygens (including phenoxy) is 2. The van der Waals surface area contributed by atoms with Gasteiger partial charge in [0.1, 0.15) is 36.9 Å². The molecule has 10 nitrogen and oxygen atoms in total. The van der Waals surface area contributed by atoms with Crippen LogP contribution in [0.3, 0.4) is 0 Å². The molecule has 1 heterocycles. The van der Waals surface area contributed by atoms with Gasteiger partial charge in [-0.3, -0.25) is 9.59 Å². The van der Waals surface area contributed by atoms with Gasteiger partial charge in [0.25, 0.3) is 0 Å². The van der Waals surface area contributed by atoms with E-state index in [4.69, 9.17) is 9.47 Å². The zero-order chi connectivity index (χ0) is 27.7. The minimum atomic E-state index is -1.86. The molecule has 0 aromatic rings. The Labute approximate surface area is 220 Å². The minimum absolute atomic E-state index is 0.0170. The number of carboxylic acids is 1. The van der Waals surface area contributed by atoms with E-state index in [1.165, 1.54) is 0 Å². The summed E-state index contributed by atoms with van der Waals surface area (Å²) < 4.78 is 26.1. The van der Waals surface area contributed by atoms with Gasteiger partial charge >= 0.3 is 5.97 Å². The normalized spacial score (nSPS) is 52.6. The Balaban J connectivity index is 1.30. The molecule has 11 heteroatoms. The summed E-state index contributed by atoms with van der Waals surface area (Å²) in [7, 11) is 0. The third-order valence-electron chi connectivity index (χ3n) is 11.0. The highest BCUT2D eigenvalue weighted by molar-refractivity contribution is 5.83. The van der Waals surface area contributed by atoms with Crippen molar-refractivity contribution in [1.29, 1.82) is 0 Å².